The molecule has 112 valence electrons. The molecule has 1 unspecified atom stereocenters. The molecule has 1 heterocycles. The van der Waals surface area contributed by atoms with Gasteiger partial charge in [0.05, 0.1) is 13.2 Å². The van der Waals surface area contributed by atoms with E-state index in [1.54, 1.807) is 0 Å². The Hall–Kier alpha value is -0.0800. The Bertz CT molecular complexity index is 284. The SMILES string of the molecule is CC1COCCN1CCNC(N)=NCC1CCC1.I. The molecule has 0 aromatic heterocycles. The molecule has 0 spiro atoms. The Balaban J connectivity index is 0.00000180. The third-order valence-electron chi connectivity index (χ3n) is 3.95. The zero-order valence-electron chi connectivity index (χ0n) is 11.8. The largest absolute Gasteiger partial charge is 0.379 e. The fourth-order valence-corrected chi connectivity index (χ4v) is 2.38. The fraction of sp³-hybridized carbons (Fsp3) is 0.923. The molecule has 19 heavy (non-hydrogen) atoms. The average Bonchev–Trinajstić information content (AvgIpc) is 2.30. The molecule has 0 bridgehead atoms. The van der Waals surface area contributed by atoms with Crippen LogP contribution in [0.3, 0.4) is 0 Å². The first-order valence-electron chi connectivity index (χ1n) is 7.11. The number of nitrogens with one attached hydrogen (secondary N) is 1. The van der Waals surface area contributed by atoms with E-state index in [0.29, 0.717) is 12.0 Å². The Labute approximate surface area is 133 Å². The van der Waals surface area contributed by atoms with Crippen molar-refractivity contribution in [2.24, 2.45) is 16.6 Å². The smallest absolute Gasteiger partial charge is 0.188 e. The fourth-order valence-electron chi connectivity index (χ4n) is 2.38. The Morgan fingerprint density at radius 2 is 2.26 bits per heavy atom. The predicted molar refractivity (Wildman–Crippen MR) is 89.1 cm³/mol. The van der Waals surface area contributed by atoms with Crippen LogP contribution < -0.4 is 11.1 Å². The second-order valence-electron chi connectivity index (χ2n) is 5.41. The van der Waals surface area contributed by atoms with Crippen molar-refractivity contribution in [3.8, 4) is 0 Å². The molecule has 0 aromatic carbocycles. The van der Waals surface area contributed by atoms with Gasteiger partial charge >= 0.3 is 0 Å². The number of aliphatic imine (C=N–C) groups is 1. The van der Waals surface area contributed by atoms with Gasteiger partial charge in [0.25, 0.3) is 0 Å². The Morgan fingerprint density at radius 3 is 2.89 bits per heavy atom. The molecule has 1 saturated carbocycles. The van der Waals surface area contributed by atoms with Crippen LogP contribution in [0.4, 0.5) is 0 Å². The van der Waals surface area contributed by atoms with Gasteiger partial charge in [-0.15, -0.1) is 24.0 Å². The normalized spacial score (nSPS) is 25.5. The van der Waals surface area contributed by atoms with Crippen molar-refractivity contribution in [2.75, 3.05) is 39.4 Å². The molecule has 2 aliphatic rings. The van der Waals surface area contributed by atoms with E-state index < -0.39 is 0 Å². The van der Waals surface area contributed by atoms with Crippen molar-refractivity contribution >= 4 is 29.9 Å². The monoisotopic (exact) mass is 382 g/mol. The summed E-state index contributed by atoms with van der Waals surface area (Å²) in [6.45, 7) is 7.66. The van der Waals surface area contributed by atoms with Crippen molar-refractivity contribution in [1.29, 1.82) is 0 Å². The maximum atomic E-state index is 5.85. The molecule has 1 aliphatic heterocycles. The highest BCUT2D eigenvalue weighted by atomic mass is 127. The van der Waals surface area contributed by atoms with Crippen molar-refractivity contribution in [2.45, 2.75) is 32.2 Å². The summed E-state index contributed by atoms with van der Waals surface area (Å²) in [6.07, 6.45) is 4.01. The summed E-state index contributed by atoms with van der Waals surface area (Å²) in [5, 5.41) is 3.20. The van der Waals surface area contributed by atoms with Gasteiger partial charge in [-0.3, -0.25) is 9.89 Å². The highest BCUT2D eigenvalue weighted by molar-refractivity contribution is 14.0. The maximum Gasteiger partial charge on any atom is 0.188 e. The topological polar surface area (TPSA) is 62.9 Å². The van der Waals surface area contributed by atoms with Gasteiger partial charge in [0.15, 0.2) is 5.96 Å². The molecule has 0 amide bonds. The van der Waals surface area contributed by atoms with Crippen LogP contribution in [0.1, 0.15) is 26.2 Å². The van der Waals surface area contributed by atoms with E-state index >= 15 is 0 Å². The van der Waals surface area contributed by atoms with Crippen molar-refractivity contribution < 1.29 is 4.74 Å². The number of nitrogens with two attached hydrogens (primary N) is 1. The van der Waals surface area contributed by atoms with Crippen molar-refractivity contribution in [1.82, 2.24) is 10.2 Å². The van der Waals surface area contributed by atoms with E-state index in [1.807, 2.05) is 0 Å². The summed E-state index contributed by atoms with van der Waals surface area (Å²) >= 11 is 0. The van der Waals surface area contributed by atoms with Crippen LogP contribution in [0.15, 0.2) is 4.99 Å². The van der Waals surface area contributed by atoms with Gasteiger partial charge in [-0.2, -0.15) is 0 Å². The highest BCUT2D eigenvalue weighted by Crippen LogP contribution is 2.26. The van der Waals surface area contributed by atoms with Gasteiger partial charge in [-0.25, -0.2) is 0 Å². The lowest BCUT2D eigenvalue weighted by atomic mass is 9.86. The van der Waals surface area contributed by atoms with Gasteiger partial charge in [-0.05, 0) is 25.7 Å². The molecular weight excluding hydrogens is 355 g/mol. The zero-order chi connectivity index (χ0) is 12.8. The van der Waals surface area contributed by atoms with E-state index in [1.165, 1.54) is 19.3 Å². The second-order valence-corrected chi connectivity index (χ2v) is 5.41. The molecule has 1 atom stereocenters. The molecular formula is C13H27IN4O. The van der Waals surface area contributed by atoms with E-state index in [9.17, 15) is 0 Å². The number of ether oxygens (including phenoxy) is 1. The van der Waals surface area contributed by atoms with Crippen LogP contribution in [0.25, 0.3) is 0 Å². The predicted octanol–water partition coefficient (Wildman–Crippen LogP) is 1.03. The number of rotatable bonds is 5. The summed E-state index contributed by atoms with van der Waals surface area (Å²) in [6, 6.07) is 0.508. The Morgan fingerprint density at radius 1 is 1.47 bits per heavy atom. The van der Waals surface area contributed by atoms with E-state index in [-0.39, 0.29) is 24.0 Å². The molecule has 6 heteroatoms. The molecule has 1 saturated heterocycles. The Kier molecular flexibility index (Phi) is 8.01. The molecule has 2 rings (SSSR count). The minimum absolute atomic E-state index is 0. The first-order valence-corrected chi connectivity index (χ1v) is 7.11. The first kappa shape index (κ1) is 17.0. The third kappa shape index (κ3) is 5.83. The lowest BCUT2D eigenvalue weighted by Gasteiger charge is -2.33. The number of guanidine groups is 1. The van der Waals surface area contributed by atoms with Crippen molar-refractivity contribution in [3.05, 3.63) is 0 Å². The number of morpholine rings is 1. The van der Waals surface area contributed by atoms with Gasteiger partial charge in [-0.1, -0.05) is 6.42 Å². The van der Waals surface area contributed by atoms with Gasteiger partial charge in [0.2, 0.25) is 0 Å². The third-order valence-corrected chi connectivity index (χ3v) is 3.95. The minimum Gasteiger partial charge on any atom is -0.379 e. The summed E-state index contributed by atoms with van der Waals surface area (Å²) in [5.41, 5.74) is 5.85. The second kappa shape index (κ2) is 8.97. The molecule has 1 aliphatic carbocycles. The lowest BCUT2D eigenvalue weighted by Crippen LogP contribution is -2.47. The lowest BCUT2D eigenvalue weighted by molar-refractivity contribution is 0.000892. The van der Waals surface area contributed by atoms with Gasteiger partial charge < -0.3 is 15.8 Å². The van der Waals surface area contributed by atoms with Crippen molar-refractivity contribution in [3.63, 3.8) is 0 Å². The number of halogens is 1. The average molecular weight is 382 g/mol. The summed E-state index contributed by atoms with van der Waals surface area (Å²) in [5.74, 6) is 1.38. The van der Waals surface area contributed by atoms with Crippen LogP contribution >= 0.6 is 24.0 Å². The van der Waals surface area contributed by atoms with Crippen LogP contribution in [-0.4, -0.2) is 56.3 Å². The molecule has 2 fully saturated rings. The van der Waals surface area contributed by atoms with Crippen LogP contribution in [0.2, 0.25) is 0 Å². The van der Waals surface area contributed by atoms with E-state index in [2.05, 4.69) is 22.1 Å². The van der Waals surface area contributed by atoms with Gasteiger partial charge in [0, 0.05) is 32.2 Å². The summed E-state index contributed by atoms with van der Waals surface area (Å²) in [7, 11) is 0. The number of hydrogen-bond donors (Lipinski definition) is 2. The van der Waals surface area contributed by atoms with E-state index in [0.717, 1.165) is 45.3 Å². The molecule has 3 N–H and O–H groups in total. The summed E-state index contributed by atoms with van der Waals surface area (Å²) < 4.78 is 5.41. The first-order chi connectivity index (χ1) is 8.75. The molecule has 0 aromatic rings. The maximum absolute atomic E-state index is 5.85. The van der Waals surface area contributed by atoms with Crippen LogP contribution in [0.5, 0.6) is 0 Å². The molecule has 5 nitrogen and oxygen atoms in total. The van der Waals surface area contributed by atoms with Crippen LogP contribution in [-0.2, 0) is 4.74 Å². The minimum atomic E-state index is 0. The molecule has 0 radical (unpaired) electrons. The number of nitrogens with zero attached hydrogens (tertiary/aromatic N) is 2. The van der Waals surface area contributed by atoms with Crippen LogP contribution in [0, 0.1) is 5.92 Å². The highest BCUT2D eigenvalue weighted by Gasteiger charge is 2.18. The number of hydrogen-bond acceptors (Lipinski definition) is 3. The standard InChI is InChI=1S/C13H26N4O.HI/c1-11-10-18-8-7-17(11)6-5-15-13(14)16-9-12-3-2-4-12;/h11-12H,2-10H2,1H3,(H3,14,15,16);1H. The zero-order valence-corrected chi connectivity index (χ0v) is 14.1. The van der Waals surface area contributed by atoms with Gasteiger partial charge in [0.1, 0.15) is 0 Å². The van der Waals surface area contributed by atoms with E-state index in [4.69, 9.17) is 10.5 Å². The quantitative estimate of drug-likeness (QED) is 0.424. The summed E-state index contributed by atoms with van der Waals surface area (Å²) in [4.78, 5) is 6.81.